The summed E-state index contributed by atoms with van der Waals surface area (Å²) in [7, 11) is 1.62. The number of methoxy groups -OCH3 is 1. The molecule has 0 atom stereocenters. The minimum absolute atomic E-state index is 0.222. The lowest BCUT2D eigenvalue weighted by Gasteiger charge is -2.05. The van der Waals surface area contributed by atoms with E-state index in [1.807, 2.05) is 54.6 Å². The molecular formula is C17H15N3O2. The summed E-state index contributed by atoms with van der Waals surface area (Å²) < 4.78 is 5.11. The molecule has 110 valence electrons. The van der Waals surface area contributed by atoms with Crippen molar-refractivity contribution in [3.63, 3.8) is 0 Å². The van der Waals surface area contributed by atoms with Crippen molar-refractivity contribution in [1.29, 1.82) is 0 Å². The van der Waals surface area contributed by atoms with Gasteiger partial charge in [0.2, 0.25) is 0 Å². The van der Waals surface area contributed by atoms with Crippen molar-refractivity contribution in [3.8, 4) is 5.75 Å². The molecule has 0 aliphatic carbocycles. The molecule has 5 heteroatoms. The van der Waals surface area contributed by atoms with E-state index in [4.69, 9.17) is 4.74 Å². The van der Waals surface area contributed by atoms with Crippen molar-refractivity contribution in [2.75, 3.05) is 12.4 Å². The van der Waals surface area contributed by atoms with Gasteiger partial charge in [0.1, 0.15) is 11.5 Å². The van der Waals surface area contributed by atoms with E-state index in [2.05, 4.69) is 15.8 Å². The second kappa shape index (κ2) is 6.13. The normalized spacial score (nSPS) is 15.4. The highest BCUT2D eigenvalue weighted by Gasteiger charge is 2.23. The smallest absolute Gasteiger partial charge is 0.275 e. The summed E-state index contributed by atoms with van der Waals surface area (Å²) in [5.74, 6) is 0.559. The molecule has 0 fully saturated rings. The van der Waals surface area contributed by atoms with Crippen molar-refractivity contribution >= 4 is 17.3 Å². The summed E-state index contributed by atoms with van der Waals surface area (Å²) >= 11 is 0. The van der Waals surface area contributed by atoms with E-state index in [-0.39, 0.29) is 5.91 Å². The van der Waals surface area contributed by atoms with Crippen LogP contribution in [0.2, 0.25) is 0 Å². The molecule has 0 saturated heterocycles. The van der Waals surface area contributed by atoms with Crippen molar-refractivity contribution in [1.82, 2.24) is 5.43 Å². The van der Waals surface area contributed by atoms with Crippen LogP contribution in [0.15, 0.2) is 71.5 Å². The molecule has 1 heterocycles. The van der Waals surface area contributed by atoms with Crippen molar-refractivity contribution < 1.29 is 9.53 Å². The van der Waals surface area contributed by atoms with E-state index in [1.165, 1.54) is 0 Å². The molecule has 0 bridgehead atoms. The van der Waals surface area contributed by atoms with E-state index >= 15 is 0 Å². The standard InChI is InChI=1S/C17H15N3O2/c1-22-14-9-7-13(8-10-14)18-11-15-16(19-20-17(15)21)12-5-3-2-4-6-12/h2-11,18H,1H3,(H,20,21)/b15-11-. The van der Waals surface area contributed by atoms with Gasteiger partial charge < -0.3 is 10.1 Å². The zero-order valence-corrected chi connectivity index (χ0v) is 12.0. The van der Waals surface area contributed by atoms with E-state index in [0.29, 0.717) is 11.3 Å². The quantitative estimate of drug-likeness (QED) is 0.851. The van der Waals surface area contributed by atoms with Gasteiger partial charge in [0, 0.05) is 17.5 Å². The third-order valence-electron chi connectivity index (χ3n) is 3.29. The minimum Gasteiger partial charge on any atom is -0.497 e. The molecule has 0 aromatic heterocycles. The Morgan fingerprint density at radius 3 is 2.50 bits per heavy atom. The summed E-state index contributed by atoms with van der Waals surface area (Å²) in [6, 6.07) is 17.0. The lowest BCUT2D eigenvalue weighted by atomic mass is 10.0. The predicted molar refractivity (Wildman–Crippen MR) is 85.8 cm³/mol. The van der Waals surface area contributed by atoms with Crippen LogP contribution in [0.3, 0.4) is 0 Å². The van der Waals surface area contributed by atoms with Gasteiger partial charge in [0.05, 0.1) is 12.7 Å². The fraction of sp³-hybridized carbons (Fsp3) is 0.0588. The molecule has 2 aromatic carbocycles. The van der Waals surface area contributed by atoms with E-state index < -0.39 is 0 Å². The summed E-state index contributed by atoms with van der Waals surface area (Å²) in [5.41, 5.74) is 5.38. The molecular weight excluding hydrogens is 278 g/mol. The summed E-state index contributed by atoms with van der Waals surface area (Å²) in [4.78, 5) is 11.9. The van der Waals surface area contributed by atoms with Gasteiger partial charge in [-0.15, -0.1) is 0 Å². The Kier molecular flexibility index (Phi) is 3.87. The first-order valence-corrected chi connectivity index (χ1v) is 6.82. The van der Waals surface area contributed by atoms with Gasteiger partial charge in [-0.3, -0.25) is 4.79 Å². The second-order valence-corrected chi connectivity index (χ2v) is 4.70. The Morgan fingerprint density at radius 2 is 1.82 bits per heavy atom. The van der Waals surface area contributed by atoms with Crippen LogP contribution < -0.4 is 15.5 Å². The maximum atomic E-state index is 11.9. The first-order chi connectivity index (χ1) is 10.8. The number of nitrogens with one attached hydrogen (secondary N) is 2. The number of hydrazone groups is 1. The van der Waals surface area contributed by atoms with Crippen molar-refractivity contribution in [3.05, 3.63) is 71.9 Å². The number of benzene rings is 2. The van der Waals surface area contributed by atoms with Crippen LogP contribution in [-0.4, -0.2) is 18.7 Å². The fourth-order valence-electron chi connectivity index (χ4n) is 2.13. The monoisotopic (exact) mass is 293 g/mol. The Bertz CT molecular complexity index is 734. The molecule has 0 saturated carbocycles. The lowest BCUT2D eigenvalue weighted by Crippen LogP contribution is -2.15. The molecule has 1 amide bonds. The first kappa shape index (κ1) is 13.9. The van der Waals surface area contributed by atoms with Gasteiger partial charge in [-0.25, -0.2) is 5.43 Å². The highest BCUT2D eigenvalue weighted by Crippen LogP contribution is 2.17. The average molecular weight is 293 g/mol. The van der Waals surface area contributed by atoms with Crippen LogP contribution in [0.4, 0.5) is 5.69 Å². The summed E-state index contributed by atoms with van der Waals surface area (Å²) in [6.07, 6.45) is 1.66. The average Bonchev–Trinajstić information content (AvgIpc) is 2.95. The predicted octanol–water partition coefficient (Wildman–Crippen LogP) is 2.53. The number of hydrogen-bond donors (Lipinski definition) is 2. The van der Waals surface area contributed by atoms with Gasteiger partial charge >= 0.3 is 0 Å². The molecule has 1 aliphatic rings. The number of carbonyl (C=O) groups excluding carboxylic acids is 1. The summed E-state index contributed by atoms with van der Waals surface area (Å²) in [5, 5.41) is 7.21. The van der Waals surface area contributed by atoms with E-state index in [0.717, 1.165) is 17.0 Å². The molecule has 2 N–H and O–H groups in total. The van der Waals surface area contributed by atoms with Gasteiger partial charge in [-0.1, -0.05) is 30.3 Å². The second-order valence-electron chi connectivity index (χ2n) is 4.70. The molecule has 3 rings (SSSR count). The summed E-state index contributed by atoms with van der Waals surface area (Å²) in [6.45, 7) is 0. The maximum Gasteiger partial charge on any atom is 0.275 e. The third kappa shape index (κ3) is 2.83. The Morgan fingerprint density at radius 1 is 1.09 bits per heavy atom. The van der Waals surface area contributed by atoms with Gasteiger partial charge in [-0.2, -0.15) is 5.10 Å². The van der Waals surface area contributed by atoms with Gasteiger partial charge in [0.15, 0.2) is 0 Å². The zero-order valence-electron chi connectivity index (χ0n) is 12.0. The number of ether oxygens (including phenoxy) is 1. The van der Waals surface area contributed by atoms with Crippen molar-refractivity contribution in [2.24, 2.45) is 5.10 Å². The van der Waals surface area contributed by atoms with Crippen LogP contribution >= 0.6 is 0 Å². The van der Waals surface area contributed by atoms with Gasteiger partial charge in [0.25, 0.3) is 5.91 Å². The minimum atomic E-state index is -0.222. The fourth-order valence-corrected chi connectivity index (χ4v) is 2.13. The van der Waals surface area contributed by atoms with Crippen LogP contribution in [0.1, 0.15) is 5.56 Å². The van der Waals surface area contributed by atoms with Crippen LogP contribution in [0.5, 0.6) is 5.75 Å². The number of rotatable bonds is 4. The Hall–Kier alpha value is -3.08. The first-order valence-electron chi connectivity index (χ1n) is 6.82. The van der Waals surface area contributed by atoms with E-state index in [1.54, 1.807) is 13.3 Å². The molecule has 1 aliphatic heterocycles. The maximum absolute atomic E-state index is 11.9. The molecule has 0 radical (unpaired) electrons. The molecule has 0 unspecified atom stereocenters. The highest BCUT2D eigenvalue weighted by atomic mass is 16.5. The Balaban J connectivity index is 1.82. The molecule has 22 heavy (non-hydrogen) atoms. The molecule has 0 spiro atoms. The largest absolute Gasteiger partial charge is 0.497 e. The number of anilines is 1. The van der Waals surface area contributed by atoms with Crippen LogP contribution in [-0.2, 0) is 4.79 Å². The molecule has 2 aromatic rings. The van der Waals surface area contributed by atoms with Gasteiger partial charge in [-0.05, 0) is 24.3 Å². The van der Waals surface area contributed by atoms with Crippen LogP contribution in [0.25, 0.3) is 0 Å². The lowest BCUT2D eigenvalue weighted by molar-refractivity contribution is -0.116. The van der Waals surface area contributed by atoms with Crippen molar-refractivity contribution in [2.45, 2.75) is 0 Å². The number of hydrogen-bond acceptors (Lipinski definition) is 4. The third-order valence-corrected chi connectivity index (χ3v) is 3.29. The van der Waals surface area contributed by atoms with Crippen LogP contribution in [0, 0.1) is 0 Å². The number of amides is 1. The molecule has 5 nitrogen and oxygen atoms in total. The number of carbonyl (C=O) groups is 1. The number of nitrogens with zero attached hydrogens (tertiary/aromatic N) is 1. The SMILES string of the molecule is COc1ccc(N/C=C2\C(=O)NN=C2c2ccccc2)cc1. The zero-order chi connectivity index (χ0) is 15.4. The Labute approximate surface area is 128 Å². The van der Waals surface area contributed by atoms with E-state index in [9.17, 15) is 4.79 Å². The topological polar surface area (TPSA) is 62.7 Å². The highest BCUT2D eigenvalue weighted by molar-refractivity contribution is 6.30.